The van der Waals surface area contributed by atoms with Crippen LogP contribution in [-0.4, -0.2) is 0 Å². The fourth-order valence-electron chi connectivity index (χ4n) is 7.51. The van der Waals surface area contributed by atoms with Gasteiger partial charge in [-0.05, 0) is 81.9 Å². The molecule has 0 aliphatic heterocycles. The zero-order valence-electron chi connectivity index (χ0n) is 27.7. The van der Waals surface area contributed by atoms with Crippen molar-refractivity contribution >= 4 is 80.1 Å². The van der Waals surface area contributed by atoms with Gasteiger partial charge in [-0.3, -0.25) is 0 Å². The van der Waals surface area contributed by atoms with Crippen molar-refractivity contribution in [2.45, 2.75) is 0 Å². The standard InChI is InChI=1S/C48H31NS2/c1-3-13-33(14-4-1)37-30-27-35(31-41(37)34-15-5-2-6-16-34)32-25-28-36(29-26-32)49(42-20-12-24-46-47(42)40-18-8-10-23-45(40)50-46)43-21-11-19-39-38-17-7-9-22-44(38)51-48(39)43/h1-31H. The molecule has 1 nitrogen and oxygen atoms in total. The highest BCUT2D eigenvalue weighted by atomic mass is 32.1. The Hall–Kier alpha value is -6.00. The highest BCUT2D eigenvalue weighted by Gasteiger charge is 2.22. The first-order valence-electron chi connectivity index (χ1n) is 17.3. The number of thiophene rings is 2. The number of nitrogens with zero attached hydrogens (tertiary/aromatic N) is 1. The Bertz CT molecular complexity index is 2850. The monoisotopic (exact) mass is 685 g/mol. The Balaban J connectivity index is 1.16. The van der Waals surface area contributed by atoms with Gasteiger partial charge in [0, 0.05) is 41.3 Å². The molecule has 240 valence electrons. The minimum Gasteiger partial charge on any atom is -0.308 e. The van der Waals surface area contributed by atoms with Crippen LogP contribution in [0, 0.1) is 0 Å². The third-order valence-electron chi connectivity index (χ3n) is 9.89. The van der Waals surface area contributed by atoms with Crippen molar-refractivity contribution in [3.63, 3.8) is 0 Å². The van der Waals surface area contributed by atoms with Gasteiger partial charge in [0.2, 0.25) is 0 Å². The molecular weight excluding hydrogens is 655 g/mol. The Kier molecular flexibility index (Phi) is 7.26. The quantitative estimate of drug-likeness (QED) is 0.168. The number of rotatable bonds is 6. The van der Waals surface area contributed by atoms with Crippen LogP contribution < -0.4 is 4.90 Å². The summed E-state index contributed by atoms with van der Waals surface area (Å²) < 4.78 is 5.21. The summed E-state index contributed by atoms with van der Waals surface area (Å²) in [7, 11) is 0. The maximum absolute atomic E-state index is 2.48. The lowest BCUT2D eigenvalue weighted by molar-refractivity contribution is 1.32. The molecule has 0 radical (unpaired) electrons. The molecule has 0 fully saturated rings. The molecule has 0 N–H and O–H groups in total. The van der Waals surface area contributed by atoms with Gasteiger partial charge >= 0.3 is 0 Å². The molecule has 2 aromatic heterocycles. The first kappa shape index (κ1) is 29.9. The maximum Gasteiger partial charge on any atom is 0.0640 e. The lowest BCUT2D eigenvalue weighted by Gasteiger charge is -2.27. The largest absolute Gasteiger partial charge is 0.308 e. The van der Waals surface area contributed by atoms with Crippen LogP contribution in [0.25, 0.3) is 73.7 Å². The topological polar surface area (TPSA) is 3.24 Å². The lowest BCUT2D eigenvalue weighted by Crippen LogP contribution is -2.10. The normalized spacial score (nSPS) is 11.5. The number of benzene rings is 8. The molecule has 0 aliphatic rings. The number of hydrogen-bond acceptors (Lipinski definition) is 3. The van der Waals surface area contributed by atoms with Crippen molar-refractivity contribution < 1.29 is 0 Å². The summed E-state index contributed by atoms with van der Waals surface area (Å²) in [5.41, 5.74) is 10.8. The summed E-state index contributed by atoms with van der Waals surface area (Å²) in [5, 5.41) is 5.19. The smallest absolute Gasteiger partial charge is 0.0640 e. The summed E-state index contributed by atoms with van der Waals surface area (Å²) in [6.45, 7) is 0. The van der Waals surface area contributed by atoms with Crippen molar-refractivity contribution in [2.24, 2.45) is 0 Å². The van der Waals surface area contributed by atoms with E-state index in [1.807, 2.05) is 22.7 Å². The third kappa shape index (κ3) is 5.13. The van der Waals surface area contributed by atoms with Crippen molar-refractivity contribution in [1.29, 1.82) is 0 Å². The molecule has 0 saturated carbocycles. The Morgan fingerprint density at radius 1 is 0.333 bits per heavy atom. The molecule has 51 heavy (non-hydrogen) atoms. The van der Waals surface area contributed by atoms with E-state index in [1.165, 1.54) is 85.1 Å². The van der Waals surface area contributed by atoms with E-state index in [4.69, 9.17) is 0 Å². The van der Waals surface area contributed by atoms with E-state index in [0.717, 1.165) is 5.69 Å². The summed E-state index contributed by atoms with van der Waals surface area (Å²) in [5.74, 6) is 0. The van der Waals surface area contributed by atoms with Crippen LogP contribution in [-0.2, 0) is 0 Å². The van der Waals surface area contributed by atoms with Crippen molar-refractivity contribution in [3.8, 4) is 33.4 Å². The van der Waals surface area contributed by atoms with Crippen molar-refractivity contribution in [1.82, 2.24) is 0 Å². The molecular formula is C48H31NS2. The molecule has 0 bridgehead atoms. The van der Waals surface area contributed by atoms with E-state index in [-0.39, 0.29) is 0 Å². The zero-order chi connectivity index (χ0) is 33.7. The molecule has 0 aliphatic carbocycles. The lowest BCUT2D eigenvalue weighted by atomic mass is 9.91. The van der Waals surface area contributed by atoms with Gasteiger partial charge in [0.05, 0.1) is 16.1 Å². The first-order chi connectivity index (χ1) is 25.3. The van der Waals surface area contributed by atoms with Gasteiger partial charge in [0.25, 0.3) is 0 Å². The zero-order valence-corrected chi connectivity index (χ0v) is 29.3. The molecule has 10 rings (SSSR count). The molecule has 2 heterocycles. The summed E-state index contributed by atoms with van der Waals surface area (Å²) in [4.78, 5) is 2.48. The average Bonchev–Trinajstić information content (AvgIpc) is 3.78. The van der Waals surface area contributed by atoms with Gasteiger partial charge in [-0.15, -0.1) is 22.7 Å². The van der Waals surface area contributed by atoms with Crippen molar-refractivity contribution in [2.75, 3.05) is 4.90 Å². The minimum absolute atomic E-state index is 1.13. The fourth-order valence-corrected chi connectivity index (χ4v) is 9.84. The van der Waals surface area contributed by atoms with E-state index >= 15 is 0 Å². The van der Waals surface area contributed by atoms with Gasteiger partial charge < -0.3 is 4.90 Å². The van der Waals surface area contributed by atoms with E-state index in [2.05, 4.69) is 193 Å². The van der Waals surface area contributed by atoms with Gasteiger partial charge in [-0.25, -0.2) is 0 Å². The second kappa shape index (κ2) is 12.4. The van der Waals surface area contributed by atoms with E-state index in [1.54, 1.807) is 0 Å². The molecule has 0 amide bonds. The molecule has 0 saturated heterocycles. The van der Waals surface area contributed by atoms with E-state index < -0.39 is 0 Å². The van der Waals surface area contributed by atoms with Gasteiger partial charge in [0.1, 0.15) is 0 Å². The molecule has 0 unspecified atom stereocenters. The van der Waals surface area contributed by atoms with Crippen LogP contribution in [0.4, 0.5) is 17.1 Å². The van der Waals surface area contributed by atoms with Crippen LogP contribution in [0.3, 0.4) is 0 Å². The summed E-state index contributed by atoms with van der Waals surface area (Å²) >= 11 is 3.74. The fraction of sp³-hybridized carbons (Fsp3) is 0. The predicted octanol–water partition coefficient (Wildman–Crippen LogP) is 14.9. The summed E-state index contributed by atoms with van der Waals surface area (Å²) in [6, 6.07) is 68.5. The van der Waals surface area contributed by atoms with Gasteiger partial charge in [0.15, 0.2) is 0 Å². The van der Waals surface area contributed by atoms with E-state index in [0.29, 0.717) is 0 Å². The minimum atomic E-state index is 1.13. The third-order valence-corrected chi connectivity index (χ3v) is 12.2. The average molecular weight is 686 g/mol. The molecule has 10 aromatic rings. The van der Waals surface area contributed by atoms with Crippen molar-refractivity contribution in [3.05, 3.63) is 188 Å². The maximum atomic E-state index is 2.48. The van der Waals surface area contributed by atoms with Crippen LogP contribution >= 0.6 is 22.7 Å². The molecule has 0 spiro atoms. The molecule has 0 atom stereocenters. The number of fused-ring (bicyclic) bond motifs is 6. The van der Waals surface area contributed by atoms with Crippen LogP contribution in [0.5, 0.6) is 0 Å². The Morgan fingerprint density at radius 2 is 0.902 bits per heavy atom. The number of anilines is 3. The van der Waals surface area contributed by atoms with E-state index in [9.17, 15) is 0 Å². The highest BCUT2D eigenvalue weighted by Crippen LogP contribution is 2.49. The molecule has 8 aromatic carbocycles. The molecule has 3 heteroatoms. The van der Waals surface area contributed by atoms with Gasteiger partial charge in [-0.1, -0.05) is 140 Å². The SMILES string of the molecule is c1ccc(-c2ccc(-c3ccc(N(c4cccc5c4sc4ccccc45)c4cccc5sc6ccccc6c45)cc3)cc2-c2ccccc2)cc1. The first-order valence-corrected chi connectivity index (χ1v) is 18.9. The summed E-state index contributed by atoms with van der Waals surface area (Å²) in [6.07, 6.45) is 0. The Labute approximate surface area is 304 Å². The Morgan fingerprint density at radius 3 is 1.67 bits per heavy atom. The predicted molar refractivity (Wildman–Crippen MR) is 223 cm³/mol. The van der Waals surface area contributed by atoms with Crippen LogP contribution in [0.15, 0.2) is 188 Å². The second-order valence-electron chi connectivity index (χ2n) is 12.9. The van der Waals surface area contributed by atoms with Crippen LogP contribution in [0.1, 0.15) is 0 Å². The number of hydrogen-bond donors (Lipinski definition) is 0. The van der Waals surface area contributed by atoms with Crippen LogP contribution in [0.2, 0.25) is 0 Å². The highest BCUT2D eigenvalue weighted by molar-refractivity contribution is 7.26. The van der Waals surface area contributed by atoms with Gasteiger partial charge in [-0.2, -0.15) is 0 Å². The second-order valence-corrected chi connectivity index (χ2v) is 15.0.